The number of para-hydroxylation sites is 1. The second kappa shape index (κ2) is 8.38. The summed E-state index contributed by atoms with van der Waals surface area (Å²) >= 11 is 9.30. The first kappa shape index (κ1) is 17.1. The van der Waals surface area contributed by atoms with Crippen molar-refractivity contribution in [1.29, 1.82) is 0 Å². The summed E-state index contributed by atoms with van der Waals surface area (Å²) in [5, 5.41) is 7.92. The molecule has 24 heavy (non-hydrogen) atoms. The molecule has 0 bridgehead atoms. The molecule has 0 aliphatic heterocycles. The van der Waals surface area contributed by atoms with E-state index in [1.165, 1.54) is 5.56 Å². The first-order valence-corrected chi connectivity index (χ1v) is 9.78. The topological polar surface area (TPSA) is 29.1 Å². The molecule has 0 unspecified atom stereocenters. The number of anilines is 1. The molecule has 3 aromatic rings. The Kier molecular flexibility index (Phi) is 5.96. The van der Waals surface area contributed by atoms with E-state index in [0.29, 0.717) is 11.4 Å². The fraction of sp³-hybridized carbons (Fsp3) is 0.105. The molecular weight excluding hydrogens is 358 g/mol. The third kappa shape index (κ3) is 4.87. The Balaban J connectivity index is 1.63. The van der Waals surface area contributed by atoms with E-state index < -0.39 is 0 Å². The third-order valence-corrected chi connectivity index (χ3v) is 5.54. The first-order valence-electron chi connectivity index (χ1n) is 7.48. The Labute approximate surface area is 154 Å². The maximum Gasteiger partial charge on any atom is 0.228 e. The van der Waals surface area contributed by atoms with Gasteiger partial charge in [0.2, 0.25) is 5.91 Å². The molecule has 0 atom stereocenters. The SMILES string of the molecule is O=C(Cc1ccc(Cl)cc1)Nc1ccccc1SCc1ccsc1. The van der Waals surface area contributed by atoms with Crippen LogP contribution in [-0.2, 0) is 17.0 Å². The Morgan fingerprint density at radius 3 is 2.58 bits per heavy atom. The van der Waals surface area contributed by atoms with Crippen LogP contribution in [0.15, 0.2) is 70.3 Å². The van der Waals surface area contributed by atoms with Crippen LogP contribution in [0, 0.1) is 0 Å². The van der Waals surface area contributed by atoms with Gasteiger partial charge in [0.25, 0.3) is 0 Å². The van der Waals surface area contributed by atoms with Crippen LogP contribution < -0.4 is 5.32 Å². The summed E-state index contributed by atoms with van der Waals surface area (Å²) in [4.78, 5) is 13.4. The monoisotopic (exact) mass is 373 g/mol. The van der Waals surface area contributed by atoms with E-state index in [2.05, 4.69) is 22.1 Å². The molecular formula is C19H16ClNOS2. The Hall–Kier alpha value is -1.75. The van der Waals surface area contributed by atoms with Gasteiger partial charge in [-0.25, -0.2) is 0 Å². The zero-order valence-corrected chi connectivity index (χ0v) is 15.3. The molecule has 1 aromatic heterocycles. The van der Waals surface area contributed by atoms with Crippen LogP contribution in [0.5, 0.6) is 0 Å². The number of nitrogens with one attached hydrogen (secondary N) is 1. The highest BCUT2D eigenvalue weighted by Crippen LogP contribution is 2.30. The highest BCUT2D eigenvalue weighted by Gasteiger charge is 2.08. The summed E-state index contributed by atoms with van der Waals surface area (Å²) in [5.74, 6) is 0.869. The van der Waals surface area contributed by atoms with E-state index in [9.17, 15) is 4.79 Å². The van der Waals surface area contributed by atoms with Crippen LogP contribution in [0.25, 0.3) is 0 Å². The van der Waals surface area contributed by atoms with Crippen molar-refractivity contribution in [3.05, 3.63) is 81.5 Å². The standard InChI is InChI=1S/C19H16ClNOS2/c20-16-7-5-14(6-8-16)11-19(22)21-17-3-1-2-4-18(17)24-13-15-9-10-23-12-15/h1-10,12H,11,13H2,(H,21,22). The van der Waals surface area contributed by atoms with E-state index in [-0.39, 0.29) is 5.91 Å². The number of hydrogen-bond acceptors (Lipinski definition) is 3. The van der Waals surface area contributed by atoms with Gasteiger partial charge in [-0.1, -0.05) is 35.9 Å². The Bertz CT molecular complexity index is 800. The molecule has 0 saturated heterocycles. The van der Waals surface area contributed by atoms with E-state index in [1.807, 2.05) is 36.4 Å². The molecule has 0 saturated carbocycles. The number of thiophene rings is 1. The van der Waals surface area contributed by atoms with Crippen LogP contribution in [0.3, 0.4) is 0 Å². The molecule has 0 radical (unpaired) electrons. The van der Waals surface area contributed by atoms with Gasteiger partial charge in [-0.05, 0) is 52.2 Å². The number of hydrogen-bond donors (Lipinski definition) is 1. The molecule has 0 aliphatic rings. The lowest BCUT2D eigenvalue weighted by Crippen LogP contribution is -2.14. The molecule has 2 nitrogen and oxygen atoms in total. The zero-order chi connectivity index (χ0) is 16.8. The Morgan fingerprint density at radius 1 is 1.04 bits per heavy atom. The third-order valence-electron chi connectivity index (χ3n) is 3.41. The maximum atomic E-state index is 12.3. The van der Waals surface area contributed by atoms with Crippen molar-refractivity contribution in [1.82, 2.24) is 0 Å². The number of halogens is 1. The summed E-state index contributed by atoms with van der Waals surface area (Å²) in [6.07, 6.45) is 0.334. The van der Waals surface area contributed by atoms with Crippen LogP contribution in [-0.4, -0.2) is 5.91 Å². The largest absolute Gasteiger partial charge is 0.325 e. The van der Waals surface area contributed by atoms with Crippen molar-refractivity contribution in [3.63, 3.8) is 0 Å². The van der Waals surface area contributed by atoms with Crippen molar-refractivity contribution < 1.29 is 4.79 Å². The number of rotatable bonds is 6. The molecule has 2 aromatic carbocycles. The molecule has 0 fully saturated rings. The number of carbonyl (C=O) groups is 1. The molecule has 122 valence electrons. The van der Waals surface area contributed by atoms with Crippen LogP contribution in [0.4, 0.5) is 5.69 Å². The van der Waals surface area contributed by atoms with Gasteiger partial charge in [-0.3, -0.25) is 4.79 Å². The molecule has 3 rings (SSSR count). The molecule has 1 amide bonds. The van der Waals surface area contributed by atoms with E-state index in [1.54, 1.807) is 35.2 Å². The Morgan fingerprint density at radius 2 is 1.83 bits per heavy atom. The maximum absolute atomic E-state index is 12.3. The minimum Gasteiger partial charge on any atom is -0.325 e. The quantitative estimate of drug-likeness (QED) is 0.547. The van der Waals surface area contributed by atoms with Gasteiger partial charge >= 0.3 is 0 Å². The lowest BCUT2D eigenvalue weighted by atomic mass is 10.1. The summed E-state index contributed by atoms with van der Waals surface area (Å²) in [6.45, 7) is 0. The summed E-state index contributed by atoms with van der Waals surface area (Å²) < 4.78 is 0. The van der Waals surface area contributed by atoms with Crippen LogP contribution in [0.1, 0.15) is 11.1 Å². The zero-order valence-electron chi connectivity index (χ0n) is 12.9. The van der Waals surface area contributed by atoms with Crippen LogP contribution >= 0.6 is 34.7 Å². The van der Waals surface area contributed by atoms with E-state index in [4.69, 9.17) is 11.6 Å². The van der Waals surface area contributed by atoms with Gasteiger partial charge in [-0.15, -0.1) is 11.8 Å². The van der Waals surface area contributed by atoms with Gasteiger partial charge < -0.3 is 5.32 Å². The van der Waals surface area contributed by atoms with Crippen molar-refractivity contribution in [3.8, 4) is 0 Å². The molecule has 1 heterocycles. The minimum atomic E-state index is -0.0269. The lowest BCUT2D eigenvalue weighted by Gasteiger charge is -2.10. The van der Waals surface area contributed by atoms with Crippen molar-refractivity contribution >= 4 is 46.3 Å². The van der Waals surface area contributed by atoms with Gasteiger partial charge in [0.15, 0.2) is 0 Å². The minimum absolute atomic E-state index is 0.0269. The fourth-order valence-electron chi connectivity index (χ4n) is 2.21. The predicted molar refractivity (Wildman–Crippen MR) is 104 cm³/mol. The van der Waals surface area contributed by atoms with Crippen molar-refractivity contribution in [2.24, 2.45) is 0 Å². The van der Waals surface area contributed by atoms with Gasteiger partial charge in [0, 0.05) is 15.7 Å². The molecule has 0 spiro atoms. The molecule has 0 aliphatic carbocycles. The normalized spacial score (nSPS) is 10.5. The molecule has 1 N–H and O–H groups in total. The van der Waals surface area contributed by atoms with E-state index >= 15 is 0 Å². The molecule has 5 heteroatoms. The number of benzene rings is 2. The number of amides is 1. The first-order chi connectivity index (χ1) is 11.7. The summed E-state index contributed by atoms with van der Waals surface area (Å²) in [6, 6.07) is 17.4. The number of thioether (sulfide) groups is 1. The van der Waals surface area contributed by atoms with Gasteiger partial charge in [-0.2, -0.15) is 11.3 Å². The van der Waals surface area contributed by atoms with Gasteiger partial charge in [0.1, 0.15) is 0 Å². The average molecular weight is 374 g/mol. The van der Waals surface area contributed by atoms with Crippen molar-refractivity contribution in [2.75, 3.05) is 5.32 Å². The average Bonchev–Trinajstić information content (AvgIpc) is 3.10. The summed E-state index contributed by atoms with van der Waals surface area (Å²) in [5.41, 5.74) is 3.10. The summed E-state index contributed by atoms with van der Waals surface area (Å²) in [7, 11) is 0. The fourth-order valence-corrected chi connectivity index (χ4v) is 4.06. The highest BCUT2D eigenvalue weighted by molar-refractivity contribution is 7.98. The number of carbonyl (C=O) groups excluding carboxylic acids is 1. The smallest absolute Gasteiger partial charge is 0.228 e. The van der Waals surface area contributed by atoms with E-state index in [0.717, 1.165) is 21.9 Å². The second-order valence-electron chi connectivity index (χ2n) is 5.27. The van der Waals surface area contributed by atoms with Crippen LogP contribution in [0.2, 0.25) is 5.02 Å². The van der Waals surface area contributed by atoms with Gasteiger partial charge in [0.05, 0.1) is 12.1 Å². The second-order valence-corrected chi connectivity index (χ2v) is 7.50. The lowest BCUT2D eigenvalue weighted by molar-refractivity contribution is -0.115. The highest BCUT2D eigenvalue weighted by atomic mass is 35.5. The van der Waals surface area contributed by atoms with Crippen molar-refractivity contribution in [2.45, 2.75) is 17.1 Å². The predicted octanol–water partition coefficient (Wildman–Crippen LogP) is 5.88.